The Labute approximate surface area is 151 Å². The van der Waals surface area contributed by atoms with Crippen LogP contribution in [0, 0.1) is 5.92 Å². The fourth-order valence-electron chi connectivity index (χ4n) is 3.59. The molecule has 3 heterocycles. The smallest absolute Gasteiger partial charge is 0.278 e. The normalized spacial score (nSPS) is 24.5. The highest BCUT2D eigenvalue weighted by molar-refractivity contribution is 6.32. The molecule has 0 N–H and O–H groups in total. The SMILES string of the molecule is CC1CCCC(c2noc(-c3nc(N4CCOCC4)ncc3Cl)n2)C1. The van der Waals surface area contributed by atoms with Crippen molar-refractivity contribution in [2.45, 2.75) is 38.5 Å². The molecule has 1 saturated carbocycles. The van der Waals surface area contributed by atoms with E-state index in [9.17, 15) is 0 Å². The average molecular weight is 364 g/mol. The van der Waals surface area contributed by atoms with Gasteiger partial charge in [-0.05, 0) is 18.8 Å². The molecule has 2 aliphatic rings. The van der Waals surface area contributed by atoms with Crippen molar-refractivity contribution in [3.8, 4) is 11.6 Å². The van der Waals surface area contributed by atoms with Crippen molar-refractivity contribution in [2.24, 2.45) is 5.92 Å². The van der Waals surface area contributed by atoms with Gasteiger partial charge >= 0.3 is 0 Å². The predicted octanol–water partition coefficient (Wildman–Crippen LogP) is 3.31. The average Bonchev–Trinajstić information content (AvgIpc) is 3.13. The third kappa shape index (κ3) is 3.62. The first-order valence-electron chi connectivity index (χ1n) is 8.90. The van der Waals surface area contributed by atoms with Gasteiger partial charge in [-0.15, -0.1) is 0 Å². The molecule has 25 heavy (non-hydrogen) atoms. The van der Waals surface area contributed by atoms with Crippen molar-refractivity contribution < 1.29 is 9.26 Å². The first kappa shape index (κ1) is 16.7. The van der Waals surface area contributed by atoms with Crippen LogP contribution in [0.25, 0.3) is 11.6 Å². The summed E-state index contributed by atoms with van der Waals surface area (Å²) >= 11 is 6.29. The zero-order valence-electron chi connectivity index (χ0n) is 14.3. The highest BCUT2D eigenvalue weighted by Gasteiger charge is 2.26. The number of hydrogen-bond donors (Lipinski definition) is 0. The van der Waals surface area contributed by atoms with Crippen molar-refractivity contribution >= 4 is 17.5 Å². The van der Waals surface area contributed by atoms with Crippen molar-refractivity contribution in [2.75, 3.05) is 31.2 Å². The molecule has 1 aliphatic carbocycles. The van der Waals surface area contributed by atoms with Crippen LogP contribution in [-0.4, -0.2) is 46.4 Å². The lowest BCUT2D eigenvalue weighted by Crippen LogP contribution is -2.37. The van der Waals surface area contributed by atoms with Crippen molar-refractivity contribution in [1.29, 1.82) is 0 Å². The number of halogens is 1. The molecule has 2 aromatic rings. The summed E-state index contributed by atoms with van der Waals surface area (Å²) in [6, 6.07) is 0. The Morgan fingerprint density at radius 1 is 1.20 bits per heavy atom. The summed E-state index contributed by atoms with van der Waals surface area (Å²) in [4.78, 5) is 15.6. The summed E-state index contributed by atoms with van der Waals surface area (Å²) in [5, 5.41) is 4.62. The topological polar surface area (TPSA) is 77.2 Å². The Hall–Kier alpha value is -1.73. The van der Waals surface area contributed by atoms with Gasteiger partial charge in [0.25, 0.3) is 5.89 Å². The van der Waals surface area contributed by atoms with Crippen LogP contribution in [-0.2, 0) is 4.74 Å². The van der Waals surface area contributed by atoms with Crippen molar-refractivity contribution in [3.05, 3.63) is 17.0 Å². The van der Waals surface area contributed by atoms with E-state index >= 15 is 0 Å². The summed E-state index contributed by atoms with van der Waals surface area (Å²) < 4.78 is 10.9. The molecule has 0 radical (unpaired) electrons. The Morgan fingerprint density at radius 3 is 2.84 bits per heavy atom. The molecule has 0 aromatic carbocycles. The number of anilines is 1. The van der Waals surface area contributed by atoms with Gasteiger partial charge in [-0.25, -0.2) is 9.97 Å². The number of hydrogen-bond acceptors (Lipinski definition) is 7. The minimum Gasteiger partial charge on any atom is -0.378 e. The Bertz CT molecular complexity index is 732. The second-order valence-corrected chi connectivity index (χ2v) is 7.30. The van der Waals surface area contributed by atoms with E-state index in [4.69, 9.17) is 20.9 Å². The molecule has 0 spiro atoms. The first-order chi connectivity index (χ1) is 12.2. The third-order valence-electron chi connectivity index (χ3n) is 4.97. The van der Waals surface area contributed by atoms with E-state index in [-0.39, 0.29) is 0 Å². The summed E-state index contributed by atoms with van der Waals surface area (Å²) in [5.41, 5.74) is 0.501. The van der Waals surface area contributed by atoms with Gasteiger partial charge in [-0.2, -0.15) is 4.98 Å². The number of ether oxygens (including phenoxy) is 1. The molecule has 4 rings (SSSR count). The summed E-state index contributed by atoms with van der Waals surface area (Å²) in [6.07, 6.45) is 6.31. The lowest BCUT2D eigenvalue weighted by Gasteiger charge is -2.26. The van der Waals surface area contributed by atoms with Crippen LogP contribution in [0.4, 0.5) is 5.95 Å². The quantitative estimate of drug-likeness (QED) is 0.827. The minimum absolute atomic E-state index is 0.362. The molecular formula is C17H22ClN5O2. The highest BCUT2D eigenvalue weighted by atomic mass is 35.5. The van der Waals surface area contributed by atoms with Gasteiger partial charge < -0.3 is 14.2 Å². The van der Waals surface area contributed by atoms with Gasteiger partial charge in [-0.1, -0.05) is 36.5 Å². The van der Waals surface area contributed by atoms with Crippen molar-refractivity contribution in [1.82, 2.24) is 20.1 Å². The lowest BCUT2D eigenvalue weighted by molar-refractivity contribution is 0.122. The molecule has 0 amide bonds. The Balaban J connectivity index is 1.58. The van der Waals surface area contributed by atoms with Crippen LogP contribution in [0.1, 0.15) is 44.3 Å². The second kappa shape index (κ2) is 7.25. The van der Waals surface area contributed by atoms with Crippen LogP contribution < -0.4 is 4.90 Å². The minimum atomic E-state index is 0.362. The van der Waals surface area contributed by atoms with Gasteiger partial charge in [-0.3, -0.25) is 0 Å². The van der Waals surface area contributed by atoms with E-state index in [1.807, 2.05) is 0 Å². The van der Waals surface area contributed by atoms with Gasteiger partial charge in [0, 0.05) is 19.0 Å². The number of morpholine rings is 1. The van der Waals surface area contributed by atoms with E-state index < -0.39 is 0 Å². The number of nitrogens with zero attached hydrogens (tertiary/aromatic N) is 5. The van der Waals surface area contributed by atoms with Crippen LogP contribution in [0.5, 0.6) is 0 Å². The molecule has 0 bridgehead atoms. The van der Waals surface area contributed by atoms with Gasteiger partial charge in [0.1, 0.15) is 0 Å². The molecule has 2 fully saturated rings. The number of aromatic nitrogens is 4. The second-order valence-electron chi connectivity index (χ2n) is 6.89. The summed E-state index contributed by atoms with van der Waals surface area (Å²) in [7, 11) is 0. The maximum atomic E-state index is 6.29. The number of rotatable bonds is 3. The fraction of sp³-hybridized carbons (Fsp3) is 0.647. The Kier molecular flexibility index (Phi) is 4.85. The van der Waals surface area contributed by atoms with E-state index in [1.54, 1.807) is 6.20 Å². The van der Waals surface area contributed by atoms with E-state index in [1.165, 1.54) is 12.8 Å². The zero-order chi connectivity index (χ0) is 17.2. The van der Waals surface area contributed by atoms with Crippen LogP contribution >= 0.6 is 11.6 Å². The molecule has 134 valence electrons. The fourth-order valence-corrected chi connectivity index (χ4v) is 3.76. The van der Waals surface area contributed by atoms with E-state index in [2.05, 4.69) is 31.9 Å². The van der Waals surface area contributed by atoms with Gasteiger partial charge in [0.15, 0.2) is 11.5 Å². The van der Waals surface area contributed by atoms with Crippen LogP contribution in [0.2, 0.25) is 5.02 Å². The predicted molar refractivity (Wildman–Crippen MR) is 93.7 cm³/mol. The maximum absolute atomic E-state index is 6.29. The van der Waals surface area contributed by atoms with Gasteiger partial charge in [0.2, 0.25) is 5.95 Å². The molecule has 2 atom stereocenters. The third-order valence-corrected chi connectivity index (χ3v) is 5.25. The highest BCUT2D eigenvalue weighted by Crippen LogP contribution is 2.35. The zero-order valence-corrected chi connectivity index (χ0v) is 15.1. The van der Waals surface area contributed by atoms with E-state index in [0.29, 0.717) is 47.6 Å². The van der Waals surface area contributed by atoms with Crippen LogP contribution in [0.3, 0.4) is 0 Å². The van der Waals surface area contributed by atoms with Crippen molar-refractivity contribution in [3.63, 3.8) is 0 Å². The van der Waals surface area contributed by atoms with Gasteiger partial charge in [0.05, 0.1) is 24.4 Å². The monoisotopic (exact) mass is 363 g/mol. The largest absolute Gasteiger partial charge is 0.378 e. The maximum Gasteiger partial charge on any atom is 0.278 e. The standard InChI is InChI=1S/C17H22ClN5O2/c1-11-3-2-4-12(9-11)15-21-16(25-22-15)14-13(18)10-19-17(20-14)23-5-7-24-8-6-23/h10-12H,2-9H2,1H3. The molecule has 1 aliphatic heterocycles. The molecular weight excluding hydrogens is 342 g/mol. The summed E-state index contributed by atoms with van der Waals surface area (Å²) in [6.45, 7) is 5.15. The molecule has 7 nitrogen and oxygen atoms in total. The first-order valence-corrected chi connectivity index (χ1v) is 9.27. The lowest BCUT2D eigenvalue weighted by atomic mass is 9.82. The summed E-state index contributed by atoms with van der Waals surface area (Å²) in [5.74, 6) is 2.82. The van der Waals surface area contributed by atoms with Crippen LogP contribution in [0.15, 0.2) is 10.7 Å². The Morgan fingerprint density at radius 2 is 2.04 bits per heavy atom. The molecule has 8 heteroatoms. The molecule has 2 unspecified atom stereocenters. The molecule has 1 saturated heterocycles. The molecule has 2 aromatic heterocycles. The van der Waals surface area contributed by atoms with E-state index in [0.717, 1.165) is 31.8 Å².